The number of hydrogen-bond acceptors (Lipinski definition) is 5. The first-order chi connectivity index (χ1) is 14.0. The molecule has 1 N–H and O–H groups in total. The molecule has 1 aliphatic heterocycles. The fourth-order valence-corrected chi connectivity index (χ4v) is 3.53. The molecule has 29 heavy (non-hydrogen) atoms. The van der Waals surface area contributed by atoms with Gasteiger partial charge in [-0.2, -0.15) is 0 Å². The highest BCUT2D eigenvalue weighted by Gasteiger charge is 2.24. The number of carbonyl (C=O) groups excluding carboxylic acids is 2. The van der Waals surface area contributed by atoms with Crippen molar-refractivity contribution in [2.45, 2.75) is 12.8 Å². The van der Waals surface area contributed by atoms with E-state index < -0.39 is 0 Å². The van der Waals surface area contributed by atoms with E-state index in [-0.39, 0.29) is 11.8 Å². The van der Waals surface area contributed by atoms with Crippen molar-refractivity contribution < 1.29 is 19.1 Å². The lowest BCUT2D eigenvalue weighted by Gasteiger charge is -2.22. The number of ether oxygens (including phenoxy) is 2. The average molecular weight is 397 g/mol. The number of methoxy groups -OCH3 is 2. The SMILES string of the molecule is COc1cccc(OC)c1C(=O)Nc1ccc(N(C)C)c(C(=O)N2CCCC2)c1. The molecule has 0 unspecified atom stereocenters. The van der Waals surface area contributed by atoms with Crippen molar-refractivity contribution in [3.63, 3.8) is 0 Å². The van der Waals surface area contributed by atoms with Crippen LogP contribution in [0.4, 0.5) is 11.4 Å². The predicted octanol–water partition coefficient (Wildman–Crippen LogP) is 3.26. The van der Waals surface area contributed by atoms with Gasteiger partial charge >= 0.3 is 0 Å². The average Bonchev–Trinajstić information content (AvgIpc) is 3.27. The summed E-state index contributed by atoms with van der Waals surface area (Å²) >= 11 is 0. The van der Waals surface area contributed by atoms with Crippen molar-refractivity contribution >= 4 is 23.2 Å². The fourth-order valence-electron chi connectivity index (χ4n) is 3.53. The maximum atomic E-state index is 13.0. The molecule has 154 valence electrons. The lowest BCUT2D eigenvalue weighted by atomic mass is 10.1. The second kappa shape index (κ2) is 8.86. The summed E-state index contributed by atoms with van der Waals surface area (Å²) in [6.45, 7) is 1.53. The van der Waals surface area contributed by atoms with E-state index in [1.807, 2.05) is 30.0 Å². The van der Waals surface area contributed by atoms with Crippen LogP contribution in [0.3, 0.4) is 0 Å². The molecule has 0 radical (unpaired) electrons. The normalized spacial score (nSPS) is 13.2. The number of rotatable bonds is 6. The molecule has 0 bridgehead atoms. The first-order valence-corrected chi connectivity index (χ1v) is 9.59. The summed E-state index contributed by atoms with van der Waals surface area (Å²) in [5, 5.41) is 2.87. The third-order valence-corrected chi connectivity index (χ3v) is 5.01. The number of carbonyl (C=O) groups is 2. The molecule has 3 rings (SSSR count). The van der Waals surface area contributed by atoms with E-state index in [1.165, 1.54) is 14.2 Å². The lowest BCUT2D eigenvalue weighted by molar-refractivity contribution is 0.0793. The van der Waals surface area contributed by atoms with Crippen LogP contribution in [0.1, 0.15) is 33.6 Å². The Morgan fingerprint density at radius 1 is 1.00 bits per heavy atom. The molecule has 7 nitrogen and oxygen atoms in total. The Morgan fingerprint density at radius 3 is 2.17 bits per heavy atom. The van der Waals surface area contributed by atoms with E-state index in [9.17, 15) is 9.59 Å². The fraction of sp³-hybridized carbons (Fsp3) is 0.364. The van der Waals surface area contributed by atoms with Crippen molar-refractivity contribution in [3.05, 3.63) is 47.5 Å². The van der Waals surface area contributed by atoms with Crippen molar-refractivity contribution in [2.24, 2.45) is 0 Å². The van der Waals surface area contributed by atoms with Gasteiger partial charge in [-0.1, -0.05) is 6.07 Å². The van der Waals surface area contributed by atoms with E-state index in [2.05, 4.69) is 5.32 Å². The predicted molar refractivity (Wildman–Crippen MR) is 113 cm³/mol. The summed E-state index contributed by atoms with van der Waals surface area (Å²) in [5.74, 6) is 0.453. The van der Waals surface area contributed by atoms with Crippen LogP contribution < -0.4 is 19.7 Å². The molecular weight excluding hydrogens is 370 g/mol. The highest BCUT2D eigenvalue weighted by atomic mass is 16.5. The maximum absolute atomic E-state index is 13.0. The molecule has 2 aromatic rings. The minimum Gasteiger partial charge on any atom is -0.496 e. The zero-order valence-corrected chi connectivity index (χ0v) is 17.3. The Bertz CT molecular complexity index is 883. The van der Waals surface area contributed by atoms with Gasteiger partial charge in [-0.25, -0.2) is 0 Å². The van der Waals surface area contributed by atoms with Crippen LogP contribution in [0.2, 0.25) is 0 Å². The van der Waals surface area contributed by atoms with Crippen molar-refractivity contribution in [2.75, 3.05) is 51.6 Å². The van der Waals surface area contributed by atoms with Gasteiger partial charge in [0.25, 0.3) is 11.8 Å². The second-order valence-electron chi connectivity index (χ2n) is 7.12. The first kappa shape index (κ1) is 20.5. The van der Waals surface area contributed by atoms with Crippen LogP contribution in [0.25, 0.3) is 0 Å². The minimum absolute atomic E-state index is 0.0165. The summed E-state index contributed by atoms with van der Waals surface area (Å²) in [6, 6.07) is 10.5. The summed E-state index contributed by atoms with van der Waals surface area (Å²) in [5.41, 5.74) is 2.23. The summed E-state index contributed by atoms with van der Waals surface area (Å²) in [7, 11) is 6.80. The van der Waals surface area contributed by atoms with Crippen LogP contribution in [0, 0.1) is 0 Å². The first-order valence-electron chi connectivity index (χ1n) is 9.59. The van der Waals surface area contributed by atoms with Crippen LogP contribution in [-0.2, 0) is 0 Å². The van der Waals surface area contributed by atoms with Gasteiger partial charge in [-0.3, -0.25) is 9.59 Å². The number of nitrogens with zero attached hydrogens (tertiary/aromatic N) is 2. The van der Waals surface area contributed by atoms with E-state index in [1.54, 1.807) is 30.3 Å². The Labute approximate surface area is 171 Å². The number of hydrogen-bond donors (Lipinski definition) is 1. The zero-order valence-electron chi connectivity index (χ0n) is 17.3. The van der Waals surface area contributed by atoms with Crippen LogP contribution >= 0.6 is 0 Å². The molecule has 0 aromatic heterocycles. The van der Waals surface area contributed by atoms with Gasteiger partial charge in [0.1, 0.15) is 17.1 Å². The topological polar surface area (TPSA) is 71.1 Å². The Balaban J connectivity index is 1.93. The zero-order chi connectivity index (χ0) is 21.0. The second-order valence-corrected chi connectivity index (χ2v) is 7.12. The third kappa shape index (κ3) is 4.29. The molecule has 0 aliphatic carbocycles. The quantitative estimate of drug-likeness (QED) is 0.810. The number of benzene rings is 2. The van der Waals surface area contributed by atoms with Crippen LogP contribution in [-0.4, -0.2) is 58.1 Å². The van der Waals surface area contributed by atoms with Gasteiger partial charge in [0.2, 0.25) is 0 Å². The van der Waals surface area contributed by atoms with E-state index in [0.29, 0.717) is 28.3 Å². The number of anilines is 2. The molecule has 0 atom stereocenters. The van der Waals surface area contributed by atoms with Gasteiger partial charge in [0.15, 0.2) is 0 Å². The van der Waals surface area contributed by atoms with E-state index in [4.69, 9.17) is 9.47 Å². The third-order valence-electron chi connectivity index (χ3n) is 5.01. The molecule has 2 amide bonds. The summed E-state index contributed by atoms with van der Waals surface area (Å²) in [6.07, 6.45) is 2.04. The summed E-state index contributed by atoms with van der Waals surface area (Å²) < 4.78 is 10.6. The summed E-state index contributed by atoms with van der Waals surface area (Å²) in [4.78, 5) is 29.7. The number of amides is 2. The molecule has 7 heteroatoms. The molecule has 2 aromatic carbocycles. The Kier molecular flexibility index (Phi) is 6.26. The molecular formula is C22H27N3O4. The van der Waals surface area contributed by atoms with Gasteiger partial charge in [0.05, 0.1) is 19.8 Å². The molecule has 1 aliphatic rings. The molecule has 1 saturated heterocycles. The number of nitrogens with one attached hydrogen (secondary N) is 1. The monoisotopic (exact) mass is 397 g/mol. The largest absolute Gasteiger partial charge is 0.496 e. The molecule has 1 fully saturated rings. The molecule has 0 saturated carbocycles. The van der Waals surface area contributed by atoms with E-state index >= 15 is 0 Å². The van der Waals surface area contributed by atoms with Gasteiger partial charge < -0.3 is 24.6 Å². The smallest absolute Gasteiger partial charge is 0.263 e. The standard InChI is InChI=1S/C22H27N3O4/c1-24(2)17-11-10-15(14-16(17)22(27)25-12-5-6-13-25)23-21(26)20-18(28-3)8-7-9-19(20)29-4/h7-11,14H,5-6,12-13H2,1-4H3,(H,23,26). The van der Waals surface area contributed by atoms with E-state index in [0.717, 1.165) is 31.6 Å². The Morgan fingerprint density at radius 2 is 1.62 bits per heavy atom. The van der Waals surface area contributed by atoms with Crippen molar-refractivity contribution in [1.82, 2.24) is 4.90 Å². The van der Waals surface area contributed by atoms with Gasteiger partial charge in [-0.15, -0.1) is 0 Å². The van der Waals surface area contributed by atoms with Crippen LogP contribution in [0.5, 0.6) is 11.5 Å². The molecule has 0 spiro atoms. The maximum Gasteiger partial charge on any atom is 0.263 e. The Hall–Kier alpha value is -3.22. The highest BCUT2D eigenvalue weighted by Crippen LogP contribution is 2.30. The number of likely N-dealkylation sites (tertiary alicyclic amines) is 1. The molecule has 1 heterocycles. The van der Waals surface area contributed by atoms with Crippen molar-refractivity contribution in [1.29, 1.82) is 0 Å². The van der Waals surface area contributed by atoms with Gasteiger partial charge in [-0.05, 0) is 43.2 Å². The van der Waals surface area contributed by atoms with Crippen LogP contribution in [0.15, 0.2) is 36.4 Å². The lowest BCUT2D eigenvalue weighted by Crippen LogP contribution is -2.29. The minimum atomic E-state index is -0.364. The van der Waals surface area contributed by atoms with Crippen molar-refractivity contribution in [3.8, 4) is 11.5 Å². The highest BCUT2D eigenvalue weighted by molar-refractivity contribution is 6.09. The van der Waals surface area contributed by atoms with Gasteiger partial charge in [0, 0.05) is 38.6 Å².